The number of allylic oxidation sites excluding steroid dienone is 2. The van der Waals surface area contributed by atoms with Crippen LogP contribution in [0.1, 0.15) is 0 Å². The summed E-state index contributed by atoms with van der Waals surface area (Å²) in [4.78, 5) is 2.64. The predicted molar refractivity (Wildman–Crippen MR) is 65.6 cm³/mol. The lowest BCUT2D eigenvalue weighted by molar-refractivity contribution is 0.969. The molecule has 4 heteroatoms. The van der Waals surface area contributed by atoms with Crippen LogP contribution in [0.3, 0.4) is 0 Å². The van der Waals surface area contributed by atoms with E-state index in [0.717, 1.165) is 13.1 Å². The second-order valence-corrected chi connectivity index (χ2v) is 5.14. The first-order valence-electron chi connectivity index (χ1n) is 4.50. The smallest absolute Gasteiger partial charge is 0.0339 e. The second kappa shape index (κ2) is 5.22. The van der Waals surface area contributed by atoms with Crippen molar-refractivity contribution in [3.63, 3.8) is 0 Å². The van der Waals surface area contributed by atoms with E-state index < -0.39 is 0 Å². The van der Waals surface area contributed by atoms with Crippen molar-refractivity contribution in [1.29, 1.82) is 0 Å². The van der Waals surface area contributed by atoms with Crippen LogP contribution in [0, 0.1) is 0 Å². The van der Waals surface area contributed by atoms with Crippen LogP contribution in [-0.4, -0.2) is 13.1 Å². The van der Waals surface area contributed by atoms with Crippen LogP contribution in [0.25, 0.3) is 0 Å². The molecule has 0 fully saturated rings. The highest BCUT2D eigenvalue weighted by Crippen LogP contribution is 2.37. The first-order valence-corrected chi connectivity index (χ1v) is 6.65. The number of hydrogen-bond donors (Lipinski definition) is 2. The Morgan fingerprint density at radius 2 is 1.36 bits per heavy atom. The Balaban J connectivity index is 1.82. The fraction of sp³-hybridized carbons (Fsp3) is 0.200. The molecule has 0 saturated carbocycles. The van der Waals surface area contributed by atoms with Crippen molar-refractivity contribution < 1.29 is 0 Å². The van der Waals surface area contributed by atoms with Crippen molar-refractivity contribution >= 4 is 21.6 Å². The lowest BCUT2D eigenvalue weighted by Gasteiger charge is -2.09. The fourth-order valence-electron chi connectivity index (χ4n) is 1.09. The van der Waals surface area contributed by atoms with Gasteiger partial charge in [0.05, 0.1) is 0 Å². The average molecular weight is 224 g/mol. The molecule has 0 bridgehead atoms. The summed E-state index contributed by atoms with van der Waals surface area (Å²) in [6.45, 7) is 1.88. The minimum atomic E-state index is 0.940. The Morgan fingerprint density at radius 3 is 1.71 bits per heavy atom. The van der Waals surface area contributed by atoms with Gasteiger partial charge in [-0.3, -0.25) is 0 Å². The van der Waals surface area contributed by atoms with Crippen molar-refractivity contribution in [3.8, 4) is 0 Å². The second-order valence-electron chi connectivity index (χ2n) is 2.86. The molecule has 0 aromatic heterocycles. The summed E-state index contributed by atoms with van der Waals surface area (Å²) in [6.07, 6.45) is 12.6. The molecule has 2 nitrogen and oxygen atoms in total. The monoisotopic (exact) mass is 224 g/mol. The Bertz CT molecular complexity index is 284. The maximum absolute atomic E-state index is 3.13. The van der Waals surface area contributed by atoms with Crippen LogP contribution < -0.4 is 10.6 Å². The van der Waals surface area contributed by atoms with Crippen molar-refractivity contribution in [2.75, 3.05) is 13.1 Å². The summed E-state index contributed by atoms with van der Waals surface area (Å²) in [6, 6.07) is 0. The van der Waals surface area contributed by atoms with Gasteiger partial charge in [-0.2, -0.15) is 0 Å². The zero-order chi connectivity index (χ0) is 9.64. The van der Waals surface area contributed by atoms with Gasteiger partial charge in [0.1, 0.15) is 0 Å². The van der Waals surface area contributed by atoms with Crippen molar-refractivity contribution in [2.45, 2.75) is 0 Å². The highest BCUT2D eigenvalue weighted by molar-refractivity contribution is 8.79. The van der Waals surface area contributed by atoms with Crippen LogP contribution in [0.2, 0.25) is 0 Å². The summed E-state index contributed by atoms with van der Waals surface area (Å²) in [7, 11) is 3.62. The van der Waals surface area contributed by atoms with E-state index in [4.69, 9.17) is 0 Å². The largest absolute Gasteiger partial charge is 0.387 e. The van der Waals surface area contributed by atoms with E-state index in [1.165, 1.54) is 9.81 Å². The van der Waals surface area contributed by atoms with Crippen molar-refractivity contribution in [3.05, 3.63) is 46.5 Å². The van der Waals surface area contributed by atoms with Gasteiger partial charge >= 0.3 is 0 Å². The fourth-order valence-corrected chi connectivity index (χ4v) is 3.15. The molecule has 74 valence electrons. The van der Waals surface area contributed by atoms with Crippen LogP contribution in [-0.2, 0) is 0 Å². The molecule has 0 aromatic rings. The first-order chi connectivity index (χ1) is 6.95. The van der Waals surface area contributed by atoms with Gasteiger partial charge < -0.3 is 10.6 Å². The molecule has 0 radical (unpaired) electrons. The topological polar surface area (TPSA) is 24.1 Å². The molecule has 2 aliphatic heterocycles. The third-order valence-electron chi connectivity index (χ3n) is 1.81. The SMILES string of the molecule is C1=CC(SSC2=CCNC=C2)=CCN1. The van der Waals surface area contributed by atoms with Crippen LogP contribution in [0.4, 0.5) is 0 Å². The number of nitrogens with one attached hydrogen (secondary N) is 2. The summed E-state index contributed by atoms with van der Waals surface area (Å²) in [5, 5.41) is 6.27. The Morgan fingerprint density at radius 1 is 0.857 bits per heavy atom. The molecule has 0 aliphatic carbocycles. The van der Waals surface area contributed by atoms with Gasteiger partial charge in [0.25, 0.3) is 0 Å². The zero-order valence-electron chi connectivity index (χ0n) is 7.69. The van der Waals surface area contributed by atoms with E-state index in [-0.39, 0.29) is 0 Å². The summed E-state index contributed by atoms with van der Waals surface area (Å²) in [5.74, 6) is 0. The molecular weight excluding hydrogens is 212 g/mol. The maximum Gasteiger partial charge on any atom is 0.0339 e. The predicted octanol–water partition coefficient (Wildman–Crippen LogP) is 2.37. The molecule has 0 aromatic carbocycles. The van der Waals surface area contributed by atoms with Crippen molar-refractivity contribution in [1.82, 2.24) is 10.6 Å². The molecule has 2 rings (SSSR count). The maximum atomic E-state index is 3.13. The van der Waals surface area contributed by atoms with Crippen molar-refractivity contribution in [2.24, 2.45) is 0 Å². The molecular formula is C10H12N2S2. The molecule has 0 atom stereocenters. The van der Waals surface area contributed by atoms with Gasteiger partial charge in [-0.1, -0.05) is 33.7 Å². The van der Waals surface area contributed by atoms with E-state index in [1.807, 2.05) is 34.0 Å². The minimum Gasteiger partial charge on any atom is -0.387 e. The highest BCUT2D eigenvalue weighted by Gasteiger charge is 2.01. The van der Waals surface area contributed by atoms with Gasteiger partial charge in [-0.15, -0.1) is 0 Å². The normalized spacial score (nSPS) is 19.4. The molecule has 0 spiro atoms. The highest BCUT2D eigenvalue weighted by atomic mass is 33.1. The molecule has 2 heterocycles. The quantitative estimate of drug-likeness (QED) is 0.719. The summed E-state index contributed by atoms with van der Waals surface area (Å²) in [5.41, 5.74) is 0. The molecule has 2 aliphatic rings. The Labute approximate surface area is 92.0 Å². The van der Waals surface area contributed by atoms with Gasteiger partial charge in [-0.05, 0) is 24.6 Å². The van der Waals surface area contributed by atoms with Crippen LogP contribution in [0.15, 0.2) is 46.5 Å². The van der Waals surface area contributed by atoms with Crippen LogP contribution >= 0.6 is 21.6 Å². The van der Waals surface area contributed by atoms with E-state index in [0.29, 0.717) is 0 Å². The standard InChI is InChI=1S/C10H12N2S2/c1-5-11-6-2-9(1)13-14-10-3-7-12-8-4-10/h1-5,7,11-12H,6,8H2. The van der Waals surface area contributed by atoms with E-state index in [1.54, 1.807) is 0 Å². The molecule has 0 amide bonds. The van der Waals surface area contributed by atoms with Gasteiger partial charge in [0.15, 0.2) is 0 Å². The van der Waals surface area contributed by atoms with Gasteiger partial charge in [0, 0.05) is 22.9 Å². The molecule has 2 N–H and O–H groups in total. The number of dihydropyridines is 2. The molecule has 0 unspecified atom stereocenters. The number of rotatable bonds is 3. The van der Waals surface area contributed by atoms with E-state index in [9.17, 15) is 0 Å². The van der Waals surface area contributed by atoms with E-state index in [2.05, 4.69) is 34.9 Å². The summed E-state index contributed by atoms with van der Waals surface area (Å²) >= 11 is 0. The third kappa shape index (κ3) is 2.89. The third-order valence-corrected chi connectivity index (χ3v) is 4.29. The van der Waals surface area contributed by atoms with Gasteiger partial charge in [0.2, 0.25) is 0 Å². The molecule has 0 saturated heterocycles. The average Bonchev–Trinajstić information content (AvgIpc) is 2.29. The lowest BCUT2D eigenvalue weighted by atomic mass is 10.4. The van der Waals surface area contributed by atoms with E-state index >= 15 is 0 Å². The first kappa shape index (κ1) is 9.80. The minimum absolute atomic E-state index is 0.940. The number of hydrogen-bond acceptors (Lipinski definition) is 4. The van der Waals surface area contributed by atoms with Gasteiger partial charge in [-0.25, -0.2) is 0 Å². The Hall–Kier alpha value is -0.740. The van der Waals surface area contributed by atoms with Crippen LogP contribution in [0.5, 0.6) is 0 Å². The zero-order valence-corrected chi connectivity index (χ0v) is 9.33. The molecule has 14 heavy (non-hydrogen) atoms. The lowest BCUT2D eigenvalue weighted by Crippen LogP contribution is -2.08. The summed E-state index contributed by atoms with van der Waals surface area (Å²) < 4.78 is 0. The Kier molecular flexibility index (Phi) is 3.65.